The van der Waals surface area contributed by atoms with Crippen molar-refractivity contribution in [1.82, 2.24) is 10.2 Å². The molecule has 1 heterocycles. The number of benzene rings is 1. The van der Waals surface area contributed by atoms with Crippen LogP contribution in [0.5, 0.6) is 5.75 Å². The first-order valence-electron chi connectivity index (χ1n) is 8.86. The SMILES string of the molecule is CCN1CCCC1CNC(=O)COc1cc(C)c(Cl)cc1C(C)C. The number of rotatable bonds is 7. The highest BCUT2D eigenvalue weighted by Crippen LogP contribution is 2.31. The quantitative estimate of drug-likeness (QED) is 0.812. The molecule has 0 spiro atoms. The predicted molar refractivity (Wildman–Crippen MR) is 99.1 cm³/mol. The van der Waals surface area contributed by atoms with Crippen molar-refractivity contribution in [3.63, 3.8) is 0 Å². The smallest absolute Gasteiger partial charge is 0.257 e. The molecule has 24 heavy (non-hydrogen) atoms. The Balaban J connectivity index is 1.88. The highest BCUT2D eigenvalue weighted by Gasteiger charge is 2.23. The van der Waals surface area contributed by atoms with E-state index in [4.69, 9.17) is 16.3 Å². The molecule has 5 heteroatoms. The summed E-state index contributed by atoms with van der Waals surface area (Å²) in [6.45, 7) is 11.2. The van der Waals surface area contributed by atoms with Crippen molar-refractivity contribution < 1.29 is 9.53 Å². The molecule has 0 aliphatic carbocycles. The summed E-state index contributed by atoms with van der Waals surface area (Å²) in [7, 11) is 0. The van der Waals surface area contributed by atoms with Gasteiger partial charge in [0.05, 0.1) is 0 Å². The highest BCUT2D eigenvalue weighted by atomic mass is 35.5. The fourth-order valence-electron chi connectivity index (χ4n) is 3.22. The van der Waals surface area contributed by atoms with Crippen molar-refractivity contribution in [1.29, 1.82) is 0 Å². The molecule has 1 saturated heterocycles. The van der Waals surface area contributed by atoms with Gasteiger partial charge < -0.3 is 10.1 Å². The van der Waals surface area contributed by atoms with Gasteiger partial charge in [-0.1, -0.05) is 32.4 Å². The molecule has 1 unspecified atom stereocenters. The summed E-state index contributed by atoms with van der Waals surface area (Å²) >= 11 is 6.20. The lowest BCUT2D eigenvalue weighted by Crippen LogP contribution is -2.41. The van der Waals surface area contributed by atoms with Crippen molar-refractivity contribution >= 4 is 17.5 Å². The zero-order valence-electron chi connectivity index (χ0n) is 15.2. The molecule has 1 aliphatic rings. The van der Waals surface area contributed by atoms with Crippen LogP contribution >= 0.6 is 11.6 Å². The maximum absolute atomic E-state index is 12.1. The zero-order valence-corrected chi connectivity index (χ0v) is 15.9. The lowest BCUT2D eigenvalue weighted by molar-refractivity contribution is -0.123. The van der Waals surface area contributed by atoms with Crippen LogP contribution in [-0.4, -0.2) is 43.1 Å². The van der Waals surface area contributed by atoms with Gasteiger partial charge in [-0.15, -0.1) is 0 Å². The third-order valence-corrected chi connectivity index (χ3v) is 5.12. The minimum atomic E-state index is -0.0692. The van der Waals surface area contributed by atoms with E-state index < -0.39 is 0 Å². The number of likely N-dealkylation sites (N-methyl/N-ethyl adjacent to an activating group) is 1. The van der Waals surface area contributed by atoms with Crippen molar-refractivity contribution in [2.24, 2.45) is 0 Å². The molecule has 0 saturated carbocycles. The number of ether oxygens (including phenoxy) is 1. The second-order valence-corrected chi connectivity index (χ2v) is 7.22. The van der Waals surface area contributed by atoms with E-state index in [0.717, 1.165) is 41.4 Å². The fraction of sp³-hybridized carbons (Fsp3) is 0.632. The van der Waals surface area contributed by atoms with Gasteiger partial charge in [0.2, 0.25) is 0 Å². The van der Waals surface area contributed by atoms with Crippen LogP contribution in [0.4, 0.5) is 0 Å². The molecular weight excluding hydrogens is 324 g/mol. The molecule has 1 amide bonds. The maximum atomic E-state index is 12.1. The van der Waals surface area contributed by atoms with Crippen LogP contribution in [0.1, 0.15) is 50.7 Å². The van der Waals surface area contributed by atoms with Gasteiger partial charge in [-0.3, -0.25) is 9.69 Å². The van der Waals surface area contributed by atoms with Gasteiger partial charge in [0, 0.05) is 17.6 Å². The summed E-state index contributed by atoms with van der Waals surface area (Å²) in [4.78, 5) is 14.5. The number of amides is 1. The largest absolute Gasteiger partial charge is 0.483 e. The van der Waals surface area contributed by atoms with Crippen LogP contribution in [0.25, 0.3) is 0 Å². The normalized spacial score (nSPS) is 18.2. The summed E-state index contributed by atoms with van der Waals surface area (Å²) in [5.41, 5.74) is 1.99. The number of carbonyl (C=O) groups excluding carboxylic acids is 1. The van der Waals surface area contributed by atoms with Gasteiger partial charge in [-0.05, 0) is 62.0 Å². The van der Waals surface area contributed by atoms with E-state index in [9.17, 15) is 4.79 Å². The highest BCUT2D eigenvalue weighted by molar-refractivity contribution is 6.31. The average molecular weight is 353 g/mol. The molecule has 134 valence electrons. The summed E-state index contributed by atoms with van der Waals surface area (Å²) in [6.07, 6.45) is 2.37. The number of hydrogen-bond acceptors (Lipinski definition) is 3. The third-order valence-electron chi connectivity index (χ3n) is 4.71. The molecule has 1 aromatic carbocycles. The first kappa shape index (κ1) is 19.1. The average Bonchev–Trinajstić information content (AvgIpc) is 3.00. The molecule has 4 nitrogen and oxygen atoms in total. The number of hydrogen-bond donors (Lipinski definition) is 1. The lowest BCUT2D eigenvalue weighted by Gasteiger charge is -2.23. The molecule has 1 fully saturated rings. The van der Waals surface area contributed by atoms with Crippen LogP contribution in [0, 0.1) is 6.92 Å². The van der Waals surface area contributed by atoms with Crippen LogP contribution in [0.15, 0.2) is 12.1 Å². The summed E-state index contributed by atoms with van der Waals surface area (Å²) in [5.74, 6) is 0.969. The topological polar surface area (TPSA) is 41.6 Å². The first-order valence-corrected chi connectivity index (χ1v) is 9.23. The van der Waals surface area contributed by atoms with Crippen molar-refractivity contribution in [3.8, 4) is 5.75 Å². The van der Waals surface area contributed by atoms with Gasteiger partial charge in [-0.2, -0.15) is 0 Å². The van der Waals surface area contributed by atoms with E-state index in [0.29, 0.717) is 12.6 Å². The Morgan fingerprint density at radius 3 is 2.88 bits per heavy atom. The van der Waals surface area contributed by atoms with E-state index in [-0.39, 0.29) is 18.4 Å². The monoisotopic (exact) mass is 352 g/mol. The second-order valence-electron chi connectivity index (χ2n) is 6.81. The van der Waals surface area contributed by atoms with E-state index in [1.807, 2.05) is 19.1 Å². The number of nitrogens with one attached hydrogen (secondary N) is 1. The zero-order chi connectivity index (χ0) is 17.7. The Morgan fingerprint density at radius 2 is 2.21 bits per heavy atom. The van der Waals surface area contributed by atoms with Gasteiger partial charge in [0.1, 0.15) is 5.75 Å². The second kappa shape index (κ2) is 8.72. The molecule has 1 aliphatic heterocycles. The third kappa shape index (κ3) is 4.87. The minimum Gasteiger partial charge on any atom is -0.483 e. The van der Waals surface area contributed by atoms with E-state index in [1.54, 1.807) is 0 Å². The standard InChI is InChI=1S/C19H29ClN2O2/c1-5-22-8-6-7-15(22)11-21-19(23)12-24-18-9-14(4)17(20)10-16(18)13(2)3/h9-10,13,15H,5-8,11-12H2,1-4H3,(H,21,23). The Bertz CT molecular complexity index is 575. The number of carbonyl (C=O) groups is 1. The Hall–Kier alpha value is -1.26. The fourth-order valence-corrected chi connectivity index (χ4v) is 3.39. The van der Waals surface area contributed by atoms with Gasteiger partial charge >= 0.3 is 0 Å². The summed E-state index contributed by atoms with van der Waals surface area (Å²) < 4.78 is 5.78. The van der Waals surface area contributed by atoms with Crippen LogP contribution in [-0.2, 0) is 4.79 Å². The summed E-state index contributed by atoms with van der Waals surface area (Å²) in [5, 5.41) is 3.73. The molecule has 1 atom stereocenters. The number of halogens is 1. The molecule has 0 bridgehead atoms. The van der Waals surface area contributed by atoms with Crippen molar-refractivity contribution in [2.75, 3.05) is 26.2 Å². The summed E-state index contributed by atoms with van der Waals surface area (Å²) in [6, 6.07) is 4.32. The number of aryl methyl sites for hydroxylation is 1. The van der Waals surface area contributed by atoms with Crippen molar-refractivity contribution in [3.05, 3.63) is 28.3 Å². The molecular formula is C19H29ClN2O2. The van der Waals surface area contributed by atoms with Crippen molar-refractivity contribution in [2.45, 2.75) is 52.5 Å². The predicted octanol–water partition coefficient (Wildman–Crippen LogP) is 3.75. The van der Waals surface area contributed by atoms with Crippen LogP contribution < -0.4 is 10.1 Å². The van der Waals surface area contributed by atoms with Crippen LogP contribution in [0.3, 0.4) is 0 Å². The molecule has 2 rings (SSSR count). The Labute approximate surface area is 150 Å². The Morgan fingerprint density at radius 1 is 1.46 bits per heavy atom. The molecule has 0 radical (unpaired) electrons. The number of likely N-dealkylation sites (tertiary alicyclic amines) is 1. The Kier molecular flexibility index (Phi) is 6.93. The lowest BCUT2D eigenvalue weighted by atomic mass is 10.0. The molecule has 1 N–H and O–H groups in total. The van der Waals surface area contributed by atoms with E-state index in [2.05, 4.69) is 31.0 Å². The van der Waals surface area contributed by atoms with Gasteiger partial charge in [0.25, 0.3) is 5.91 Å². The molecule has 0 aromatic heterocycles. The van der Waals surface area contributed by atoms with E-state index >= 15 is 0 Å². The maximum Gasteiger partial charge on any atom is 0.257 e. The van der Waals surface area contributed by atoms with Gasteiger partial charge in [0.15, 0.2) is 6.61 Å². The van der Waals surface area contributed by atoms with Gasteiger partial charge in [-0.25, -0.2) is 0 Å². The first-order chi connectivity index (χ1) is 11.4. The molecule has 1 aromatic rings. The van der Waals surface area contributed by atoms with E-state index in [1.165, 1.54) is 6.42 Å². The minimum absolute atomic E-state index is 0.0413. The van der Waals surface area contributed by atoms with Crippen LogP contribution in [0.2, 0.25) is 5.02 Å². The number of nitrogens with zero attached hydrogens (tertiary/aromatic N) is 1.